The third-order valence-corrected chi connectivity index (χ3v) is 4.58. The molecule has 23 heavy (non-hydrogen) atoms. The molecule has 0 amide bonds. The van der Waals surface area contributed by atoms with Gasteiger partial charge < -0.3 is 15.5 Å². The number of nitrogens with one attached hydrogen (secondary N) is 2. The maximum atomic E-state index is 4.74. The quantitative estimate of drug-likeness (QED) is 0.499. The van der Waals surface area contributed by atoms with Gasteiger partial charge in [-0.3, -0.25) is 0 Å². The third-order valence-electron chi connectivity index (χ3n) is 4.58. The van der Waals surface area contributed by atoms with Crippen molar-refractivity contribution in [3.05, 3.63) is 42.0 Å². The maximum Gasteiger partial charge on any atom is 0.191 e. The number of hydrogen-bond donors (Lipinski definition) is 2. The van der Waals surface area contributed by atoms with Gasteiger partial charge in [0.15, 0.2) is 5.96 Å². The molecule has 0 atom stereocenters. The highest BCUT2D eigenvalue weighted by Gasteiger charge is 2.15. The molecule has 3 rings (SSSR count). The Morgan fingerprint density at radius 2 is 1.83 bits per heavy atom. The van der Waals surface area contributed by atoms with Crippen LogP contribution >= 0.6 is 0 Å². The summed E-state index contributed by atoms with van der Waals surface area (Å²) in [6, 6.07) is 9.38. The standard InChI is InChI=1S/C19H28N4/c1-2-20-19(22-17-7-3-4-8-17)21-15-16-9-11-18(12-10-16)23-13-5-6-14-23/h5-6,9-12,17H,2-4,7-8,13-15H2,1H3,(H2,20,21,22). The molecule has 4 nitrogen and oxygen atoms in total. The second-order valence-electron chi connectivity index (χ2n) is 6.36. The Morgan fingerprint density at radius 1 is 1.13 bits per heavy atom. The summed E-state index contributed by atoms with van der Waals surface area (Å²) in [7, 11) is 0. The van der Waals surface area contributed by atoms with Crippen molar-refractivity contribution in [2.45, 2.75) is 45.2 Å². The van der Waals surface area contributed by atoms with Crippen LogP contribution in [0.5, 0.6) is 0 Å². The van der Waals surface area contributed by atoms with E-state index in [4.69, 9.17) is 4.99 Å². The predicted octanol–water partition coefficient (Wildman–Crippen LogP) is 3.06. The van der Waals surface area contributed by atoms with Crippen LogP contribution < -0.4 is 15.5 Å². The van der Waals surface area contributed by atoms with E-state index in [1.54, 1.807) is 0 Å². The summed E-state index contributed by atoms with van der Waals surface area (Å²) in [6.07, 6.45) is 9.64. The van der Waals surface area contributed by atoms with Crippen molar-refractivity contribution in [1.82, 2.24) is 10.6 Å². The molecule has 0 unspecified atom stereocenters. The largest absolute Gasteiger partial charge is 0.364 e. The van der Waals surface area contributed by atoms with Crippen LogP contribution in [0.1, 0.15) is 38.2 Å². The van der Waals surface area contributed by atoms with Gasteiger partial charge in [0.1, 0.15) is 0 Å². The van der Waals surface area contributed by atoms with Gasteiger partial charge in [-0.15, -0.1) is 0 Å². The highest BCUT2D eigenvalue weighted by Crippen LogP contribution is 2.19. The number of hydrogen-bond acceptors (Lipinski definition) is 2. The van der Waals surface area contributed by atoms with Gasteiger partial charge in [0.25, 0.3) is 0 Å². The molecular weight excluding hydrogens is 284 g/mol. The summed E-state index contributed by atoms with van der Waals surface area (Å²) in [4.78, 5) is 7.10. The first kappa shape index (κ1) is 15.9. The lowest BCUT2D eigenvalue weighted by molar-refractivity contribution is 0.614. The molecule has 1 aliphatic carbocycles. The number of guanidine groups is 1. The van der Waals surface area contributed by atoms with Gasteiger partial charge in [-0.05, 0) is 37.5 Å². The van der Waals surface area contributed by atoms with Crippen LogP contribution in [-0.2, 0) is 6.54 Å². The van der Waals surface area contributed by atoms with E-state index in [0.29, 0.717) is 6.04 Å². The van der Waals surface area contributed by atoms with E-state index in [0.717, 1.165) is 32.1 Å². The minimum Gasteiger partial charge on any atom is -0.364 e. The molecule has 1 fully saturated rings. The Labute approximate surface area is 139 Å². The molecule has 1 aliphatic heterocycles. The van der Waals surface area contributed by atoms with E-state index in [-0.39, 0.29) is 0 Å². The molecule has 0 spiro atoms. The third kappa shape index (κ3) is 4.50. The first-order valence-electron chi connectivity index (χ1n) is 8.89. The molecule has 1 heterocycles. The van der Waals surface area contributed by atoms with Crippen molar-refractivity contribution in [3.8, 4) is 0 Å². The average molecular weight is 312 g/mol. The minimum atomic E-state index is 0.595. The molecule has 2 N–H and O–H groups in total. The fourth-order valence-electron chi connectivity index (χ4n) is 3.25. The van der Waals surface area contributed by atoms with Gasteiger partial charge >= 0.3 is 0 Å². The predicted molar refractivity (Wildman–Crippen MR) is 98.0 cm³/mol. The summed E-state index contributed by atoms with van der Waals surface area (Å²) in [6.45, 7) is 5.78. The molecule has 2 aliphatic rings. The lowest BCUT2D eigenvalue weighted by atomic mass is 10.2. The number of anilines is 1. The molecule has 0 saturated heterocycles. The summed E-state index contributed by atoms with van der Waals surface area (Å²) in [5.41, 5.74) is 2.54. The van der Waals surface area contributed by atoms with E-state index < -0.39 is 0 Å². The van der Waals surface area contributed by atoms with Gasteiger partial charge in [0.2, 0.25) is 0 Å². The molecule has 0 bridgehead atoms. The van der Waals surface area contributed by atoms with Gasteiger partial charge in [0.05, 0.1) is 6.54 Å². The summed E-state index contributed by atoms with van der Waals surface area (Å²) >= 11 is 0. The topological polar surface area (TPSA) is 39.7 Å². The van der Waals surface area contributed by atoms with Crippen molar-refractivity contribution >= 4 is 11.6 Å². The molecule has 1 saturated carbocycles. The van der Waals surface area contributed by atoms with Crippen molar-refractivity contribution in [2.24, 2.45) is 4.99 Å². The van der Waals surface area contributed by atoms with Gasteiger partial charge in [-0.2, -0.15) is 0 Å². The Bertz CT molecular complexity index is 533. The van der Waals surface area contributed by atoms with Crippen LogP contribution in [0.4, 0.5) is 5.69 Å². The van der Waals surface area contributed by atoms with Crippen molar-refractivity contribution in [3.63, 3.8) is 0 Å². The van der Waals surface area contributed by atoms with E-state index >= 15 is 0 Å². The highest BCUT2D eigenvalue weighted by molar-refractivity contribution is 5.80. The zero-order valence-electron chi connectivity index (χ0n) is 14.1. The van der Waals surface area contributed by atoms with E-state index in [9.17, 15) is 0 Å². The van der Waals surface area contributed by atoms with E-state index in [2.05, 4.69) is 58.9 Å². The number of rotatable bonds is 5. The van der Waals surface area contributed by atoms with E-state index in [1.165, 1.54) is 36.9 Å². The van der Waals surface area contributed by atoms with Crippen LogP contribution in [0.3, 0.4) is 0 Å². The van der Waals surface area contributed by atoms with Crippen LogP contribution in [-0.4, -0.2) is 31.6 Å². The van der Waals surface area contributed by atoms with Crippen LogP contribution in [0.2, 0.25) is 0 Å². The van der Waals surface area contributed by atoms with Crippen molar-refractivity contribution < 1.29 is 0 Å². The van der Waals surface area contributed by atoms with Crippen molar-refractivity contribution in [2.75, 3.05) is 24.5 Å². The van der Waals surface area contributed by atoms with Crippen LogP contribution in [0, 0.1) is 0 Å². The number of benzene rings is 1. The van der Waals surface area contributed by atoms with Crippen molar-refractivity contribution in [1.29, 1.82) is 0 Å². The van der Waals surface area contributed by atoms with Gasteiger partial charge in [0, 0.05) is 31.4 Å². The fourth-order valence-corrected chi connectivity index (χ4v) is 3.25. The Balaban J connectivity index is 1.57. The second kappa shape index (κ2) is 8.04. The maximum absolute atomic E-state index is 4.74. The van der Waals surface area contributed by atoms with Gasteiger partial charge in [-0.1, -0.05) is 37.1 Å². The lowest BCUT2D eigenvalue weighted by Gasteiger charge is -2.18. The second-order valence-corrected chi connectivity index (χ2v) is 6.36. The summed E-state index contributed by atoms with van der Waals surface area (Å²) in [5.74, 6) is 0.951. The molecule has 4 heteroatoms. The summed E-state index contributed by atoms with van der Waals surface area (Å²) < 4.78 is 0. The first-order valence-corrected chi connectivity index (χ1v) is 8.89. The summed E-state index contributed by atoms with van der Waals surface area (Å²) in [5, 5.41) is 6.92. The average Bonchev–Trinajstić information content (AvgIpc) is 3.27. The molecular formula is C19H28N4. The SMILES string of the molecule is CCNC(=NCc1ccc(N2CC=CC2)cc1)NC1CCCC1. The Hall–Kier alpha value is -1.97. The Kier molecular flexibility index (Phi) is 5.56. The monoisotopic (exact) mass is 312 g/mol. The first-order chi connectivity index (χ1) is 11.3. The normalized spacial score (nSPS) is 18.7. The van der Waals surface area contributed by atoms with E-state index in [1.807, 2.05) is 0 Å². The van der Waals surface area contributed by atoms with Gasteiger partial charge in [-0.25, -0.2) is 4.99 Å². The molecule has 1 aromatic rings. The lowest BCUT2D eigenvalue weighted by Crippen LogP contribution is -2.42. The molecule has 0 radical (unpaired) electrons. The fraction of sp³-hybridized carbons (Fsp3) is 0.526. The zero-order valence-corrected chi connectivity index (χ0v) is 14.1. The van der Waals surface area contributed by atoms with Crippen LogP contribution in [0.25, 0.3) is 0 Å². The minimum absolute atomic E-state index is 0.595. The molecule has 1 aromatic carbocycles. The number of nitrogens with zero attached hydrogens (tertiary/aromatic N) is 2. The Morgan fingerprint density at radius 3 is 2.48 bits per heavy atom. The molecule has 124 valence electrons. The number of aliphatic imine (C=N–C) groups is 1. The highest BCUT2D eigenvalue weighted by atomic mass is 15.2. The smallest absolute Gasteiger partial charge is 0.191 e. The molecule has 0 aromatic heterocycles. The van der Waals surface area contributed by atoms with Crippen LogP contribution in [0.15, 0.2) is 41.4 Å². The zero-order chi connectivity index (χ0) is 15.9.